The Bertz CT molecular complexity index is 440. The average molecular weight is 262 g/mol. The number of benzene rings is 1. The molecular formula is C15H22N2O2. The third-order valence-electron chi connectivity index (χ3n) is 3.75. The smallest absolute Gasteiger partial charge is 0.242 e. The van der Waals surface area contributed by atoms with Crippen molar-refractivity contribution in [2.45, 2.75) is 32.7 Å². The molecule has 1 aliphatic rings. The Balaban J connectivity index is 2.03. The first-order chi connectivity index (χ1) is 9.03. The van der Waals surface area contributed by atoms with Crippen LogP contribution in [0.25, 0.3) is 0 Å². The van der Waals surface area contributed by atoms with Crippen LogP contribution in [0.5, 0.6) is 5.75 Å². The molecule has 1 atom stereocenters. The van der Waals surface area contributed by atoms with Crippen molar-refractivity contribution in [1.82, 2.24) is 5.32 Å². The van der Waals surface area contributed by atoms with Crippen LogP contribution in [-0.4, -0.2) is 25.6 Å². The Kier molecular flexibility index (Phi) is 4.10. The van der Waals surface area contributed by atoms with Crippen LogP contribution in [0.1, 0.15) is 26.7 Å². The molecule has 19 heavy (non-hydrogen) atoms. The molecule has 1 aromatic rings. The van der Waals surface area contributed by atoms with Crippen LogP contribution >= 0.6 is 0 Å². The molecule has 0 saturated carbocycles. The summed E-state index contributed by atoms with van der Waals surface area (Å²) in [5.41, 5.74) is 0.795. The average Bonchev–Trinajstić information content (AvgIpc) is 2.39. The minimum absolute atomic E-state index is 0.00516. The van der Waals surface area contributed by atoms with E-state index in [9.17, 15) is 4.79 Å². The van der Waals surface area contributed by atoms with Crippen molar-refractivity contribution in [3.63, 3.8) is 0 Å². The van der Waals surface area contributed by atoms with Gasteiger partial charge in [-0.05, 0) is 49.1 Å². The lowest BCUT2D eigenvalue weighted by molar-refractivity contribution is -0.121. The summed E-state index contributed by atoms with van der Waals surface area (Å²) in [6, 6.07) is 7.26. The number of carbonyl (C=O) groups excluding carboxylic acids is 1. The highest BCUT2D eigenvalue weighted by atomic mass is 16.5. The number of nitrogens with one attached hydrogen (secondary N) is 2. The van der Waals surface area contributed by atoms with E-state index in [2.05, 4.69) is 24.5 Å². The second-order valence-corrected chi connectivity index (χ2v) is 5.70. The Hall–Kier alpha value is -1.55. The van der Waals surface area contributed by atoms with Gasteiger partial charge in [-0.3, -0.25) is 4.79 Å². The number of piperidine rings is 1. The van der Waals surface area contributed by atoms with Crippen molar-refractivity contribution in [1.29, 1.82) is 0 Å². The van der Waals surface area contributed by atoms with Gasteiger partial charge in [0.05, 0.1) is 13.2 Å². The maximum atomic E-state index is 12.3. The first kappa shape index (κ1) is 13.9. The molecule has 0 bridgehead atoms. The lowest BCUT2D eigenvalue weighted by Crippen LogP contribution is -2.53. The van der Waals surface area contributed by atoms with Crippen molar-refractivity contribution in [2.75, 3.05) is 19.0 Å². The largest absolute Gasteiger partial charge is 0.497 e. The number of carbonyl (C=O) groups is 1. The van der Waals surface area contributed by atoms with Gasteiger partial charge in [0.1, 0.15) is 5.75 Å². The Labute approximate surface area is 114 Å². The molecule has 4 nitrogen and oxygen atoms in total. The fourth-order valence-electron chi connectivity index (χ4n) is 2.55. The molecule has 1 heterocycles. The number of rotatable bonds is 3. The van der Waals surface area contributed by atoms with Crippen LogP contribution in [0.15, 0.2) is 24.3 Å². The molecule has 1 unspecified atom stereocenters. The second-order valence-electron chi connectivity index (χ2n) is 5.70. The number of ether oxygens (including phenoxy) is 1. The quantitative estimate of drug-likeness (QED) is 0.879. The standard InChI is InChI=1S/C15H22N2O2/c1-15(2)9-4-10-16-13(15)14(18)17-11-5-7-12(19-3)8-6-11/h5-8,13,16H,4,9-10H2,1-3H3,(H,17,18). The predicted molar refractivity (Wildman–Crippen MR) is 76.4 cm³/mol. The summed E-state index contributed by atoms with van der Waals surface area (Å²) in [6.45, 7) is 5.18. The highest BCUT2D eigenvalue weighted by Gasteiger charge is 2.36. The summed E-state index contributed by atoms with van der Waals surface area (Å²) in [4.78, 5) is 12.3. The van der Waals surface area contributed by atoms with E-state index in [1.54, 1.807) is 7.11 Å². The number of anilines is 1. The van der Waals surface area contributed by atoms with E-state index in [1.807, 2.05) is 24.3 Å². The molecule has 1 amide bonds. The van der Waals surface area contributed by atoms with Gasteiger partial charge in [-0.2, -0.15) is 0 Å². The molecule has 1 aromatic carbocycles. The Morgan fingerprint density at radius 1 is 1.37 bits per heavy atom. The molecule has 2 N–H and O–H groups in total. The summed E-state index contributed by atoms with van der Waals surface area (Å²) in [7, 11) is 1.63. The van der Waals surface area contributed by atoms with Crippen molar-refractivity contribution >= 4 is 11.6 Å². The molecule has 104 valence electrons. The van der Waals surface area contributed by atoms with Gasteiger partial charge in [-0.25, -0.2) is 0 Å². The SMILES string of the molecule is COc1ccc(NC(=O)C2NCCCC2(C)C)cc1. The van der Waals surface area contributed by atoms with E-state index < -0.39 is 0 Å². The molecule has 1 fully saturated rings. The van der Waals surface area contributed by atoms with Gasteiger partial charge in [0.2, 0.25) is 5.91 Å². The van der Waals surface area contributed by atoms with Gasteiger partial charge in [0.25, 0.3) is 0 Å². The van der Waals surface area contributed by atoms with Crippen molar-refractivity contribution < 1.29 is 9.53 Å². The van der Waals surface area contributed by atoms with Gasteiger partial charge in [0, 0.05) is 5.69 Å². The third-order valence-corrected chi connectivity index (χ3v) is 3.75. The molecule has 4 heteroatoms. The Morgan fingerprint density at radius 3 is 2.63 bits per heavy atom. The van der Waals surface area contributed by atoms with Crippen LogP contribution in [0, 0.1) is 5.41 Å². The summed E-state index contributed by atoms with van der Waals surface area (Å²) < 4.78 is 5.10. The molecule has 2 rings (SSSR count). The maximum Gasteiger partial charge on any atom is 0.242 e. The summed E-state index contributed by atoms with van der Waals surface area (Å²) in [5, 5.41) is 6.28. The van der Waals surface area contributed by atoms with Gasteiger partial charge < -0.3 is 15.4 Å². The lowest BCUT2D eigenvalue weighted by atomic mass is 9.77. The van der Waals surface area contributed by atoms with Crippen molar-refractivity contribution in [2.24, 2.45) is 5.41 Å². The highest BCUT2D eigenvalue weighted by Crippen LogP contribution is 2.30. The molecule has 1 aliphatic heterocycles. The Morgan fingerprint density at radius 2 is 2.05 bits per heavy atom. The van der Waals surface area contributed by atoms with Crippen LogP contribution in [0.3, 0.4) is 0 Å². The second kappa shape index (κ2) is 5.61. The molecule has 0 aliphatic carbocycles. The van der Waals surface area contributed by atoms with Crippen LogP contribution < -0.4 is 15.4 Å². The number of hydrogen-bond acceptors (Lipinski definition) is 3. The molecule has 1 saturated heterocycles. The molecular weight excluding hydrogens is 240 g/mol. The molecule has 0 radical (unpaired) electrons. The van der Waals surface area contributed by atoms with Gasteiger partial charge in [-0.15, -0.1) is 0 Å². The number of hydrogen-bond donors (Lipinski definition) is 2. The van der Waals surface area contributed by atoms with Gasteiger partial charge in [0.15, 0.2) is 0 Å². The summed E-state index contributed by atoms with van der Waals surface area (Å²) in [5.74, 6) is 0.823. The topological polar surface area (TPSA) is 50.4 Å². The zero-order chi connectivity index (χ0) is 13.9. The summed E-state index contributed by atoms with van der Waals surface area (Å²) >= 11 is 0. The zero-order valence-electron chi connectivity index (χ0n) is 11.8. The maximum absolute atomic E-state index is 12.3. The van der Waals surface area contributed by atoms with Gasteiger partial charge >= 0.3 is 0 Å². The fraction of sp³-hybridized carbons (Fsp3) is 0.533. The van der Waals surface area contributed by atoms with Crippen molar-refractivity contribution in [3.8, 4) is 5.75 Å². The monoisotopic (exact) mass is 262 g/mol. The van der Waals surface area contributed by atoms with Gasteiger partial charge in [-0.1, -0.05) is 13.8 Å². The van der Waals surface area contributed by atoms with E-state index in [-0.39, 0.29) is 17.4 Å². The van der Waals surface area contributed by atoms with E-state index in [0.717, 1.165) is 30.8 Å². The number of methoxy groups -OCH3 is 1. The van der Waals surface area contributed by atoms with Crippen LogP contribution in [-0.2, 0) is 4.79 Å². The first-order valence-electron chi connectivity index (χ1n) is 6.71. The zero-order valence-corrected chi connectivity index (χ0v) is 11.8. The molecule has 0 aromatic heterocycles. The minimum atomic E-state index is -0.136. The number of amides is 1. The van der Waals surface area contributed by atoms with E-state index in [0.29, 0.717) is 0 Å². The molecule has 0 spiro atoms. The van der Waals surface area contributed by atoms with Crippen LogP contribution in [0.2, 0.25) is 0 Å². The van der Waals surface area contributed by atoms with E-state index in [1.165, 1.54) is 0 Å². The van der Waals surface area contributed by atoms with E-state index in [4.69, 9.17) is 4.74 Å². The fourth-order valence-corrected chi connectivity index (χ4v) is 2.55. The normalized spacial score (nSPS) is 21.7. The van der Waals surface area contributed by atoms with Crippen molar-refractivity contribution in [3.05, 3.63) is 24.3 Å². The van der Waals surface area contributed by atoms with E-state index >= 15 is 0 Å². The predicted octanol–water partition coefficient (Wildman–Crippen LogP) is 2.41. The first-order valence-corrected chi connectivity index (χ1v) is 6.71. The van der Waals surface area contributed by atoms with Crippen LogP contribution in [0.4, 0.5) is 5.69 Å². The highest BCUT2D eigenvalue weighted by molar-refractivity contribution is 5.95. The third kappa shape index (κ3) is 3.26. The minimum Gasteiger partial charge on any atom is -0.497 e. The lowest BCUT2D eigenvalue weighted by Gasteiger charge is -2.38. The summed E-state index contributed by atoms with van der Waals surface area (Å²) in [6.07, 6.45) is 2.19.